The fraction of sp³-hybridized carbons (Fsp3) is 0. The molecular weight excluding hydrogens is 149 g/mol. The number of aromatic nitrogens is 1. The molecule has 0 unspecified atom stereocenters. The molecule has 56 valence electrons. The minimum absolute atomic E-state index is 0.605. The molecule has 0 N–H and O–H groups in total. The van der Waals surface area contributed by atoms with E-state index in [4.69, 9.17) is 8.05 Å². The van der Waals surface area contributed by atoms with Crippen molar-refractivity contribution in [2.75, 3.05) is 0 Å². The lowest BCUT2D eigenvalue weighted by molar-refractivity contribution is 0.622. The second-order valence-corrected chi connectivity index (χ2v) is 2.45. The minimum Gasteiger partial charge on any atom is -0.566 e. The Morgan fingerprint density at radius 2 is 2.00 bits per heavy atom. The van der Waals surface area contributed by atoms with Crippen LogP contribution in [0, 0.1) is 0 Å². The van der Waals surface area contributed by atoms with Crippen molar-refractivity contribution in [3.05, 3.63) is 36.5 Å². The second-order valence-electron chi connectivity index (χ2n) is 2.45. The zero-order valence-electron chi connectivity index (χ0n) is 6.40. The van der Waals surface area contributed by atoms with Crippen LogP contribution in [-0.4, -0.2) is 13.0 Å². The molecule has 0 fully saturated rings. The van der Waals surface area contributed by atoms with Crippen molar-refractivity contribution in [1.29, 1.82) is 0 Å². The second kappa shape index (κ2) is 2.85. The maximum atomic E-state index is 5.08. The van der Waals surface area contributed by atoms with Crippen LogP contribution in [-0.2, 0) is 0 Å². The lowest BCUT2D eigenvalue weighted by atomic mass is 10.2. The molecule has 0 spiro atoms. The van der Waals surface area contributed by atoms with Gasteiger partial charge in [-0.1, -0.05) is 18.2 Å². The van der Waals surface area contributed by atoms with E-state index >= 15 is 0 Å². The summed E-state index contributed by atoms with van der Waals surface area (Å²) in [6.45, 7) is 0. The van der Waals surface area contributed by atoms with Gasteiger partial charge < -0.3 is 4.65 Å². The SMILES string of the molecule is [B]Oc1cccc2cccnc12. The van der Waals surface area contributed by atoms with Crippen molar-refractivity contribution >= 4 is 19.0 Å². The lowest BCUT2D eigenvalue weighted by Crippen LogP contribution is -1.87. The van der Waals surface area contributed by atoms with Crippen molar-refractivity contribution < 1.29 is 4.65 Å². The number of rotatable bonds is 1. The van der Waals surface area contributed by atoms with E-state index in [2.05, 4.69) is 9.64 Å². The van der Waals surface area contributed by atoms with Crippen molar-refractivity contribution in [3.8, 4) is 5.75 Å². The smallest absolute Gasteiger partial charge is 0.374 e. The number of hydrogen-bond acceptors (Lipinski definition) is 2. The van der Waals surface area contributed by atoms with E-state index in [1.807, 2.05) is 24.3 Å². The van der Waals surface area contributed by atoms with E-state index < -0.39 is 0 Å². The Bertz CT molecular complexity index is 397. The van der Waals surface area contributed by atoms with Gasteiger partial charge in [0.05, 0.1) is 0 Å². The Morgan fingerprint density at radius 1 is 1.17 bits per heavy atom. The van der Waals surface area contributed by atoms with Crippen molar-refractivity contribution in [2.45, 2.75) is 0 Å². The molecule has 0 saturated carbocycles. The van der Waals surface area contributed by atoms with E-state index in [1.54, 1.807) is 12.3 Å². The molecule has 12 heavy (non-hydrogen) atoms. The van der Waals surface area contributed by atoms with Crippen LogP contribution in [0.25, 0.3) is 10.9 Å². The molecule has 1 aromatic carbocycles. The van der Waals surface area contributed by atoms with Gasteiger partial charge in [0.2, 0.25) is 0 Å². The topological polar surface area (TPSA) is 22.1 Å². The maximum Gasteiger partial charge on any atom is 0.374 e. The number of nitrogens with zero attached hydrogens (tertiary/aromatic N) is 1. The average molecular weight is 155 g/mol. The third kappa shape index (κ3) is 1.03. The maximum absolute atomic E-state index is 5.08. The zero-order valence-corrected chi connectivity index (χ0v) is 6.40. The quantitative estimate of drug-likeness (QED) is 0.584. The number of fused-ring (bicyclic) bond motifs is 1. The molecule has 0 amide bonds. The van der Waals surface area contributed by atoms with E-state index in [-0.39, 0.29) is 0 Å². The van der Waals surface area contributed by atoms with E-state index in [1.165, 1.54) is 0 Å². The van der Waals surface area contributed by atoms with Gasteiger partial charge in [0.15, 0.2) is 0 Å². The highest BCUT2D eigenvalue weighted by Crippen LogP contribution is 2.21. The first kappa shape index (κ1) is 7.16. The molecule has 0 aliphatic carbocycles. The van der Waals surface area contributed by atoms with Crippen molar-refractivity contribution in [3.63, 3.8) is 0 Å². The predicted octanol–water partition coefficient (Wildman–Crippen LogP) is 1.70. The number of hydrogen-bond donors (Lipinski definition) is 0. The fourth-order valence-corrected chi connectivity index (χ4v) is 1.17. The zero-order chi connectivity index (χ0) is 8.39. The molecule has 0 aliphatic heterocycles. The van der Waals surface area contributed by atoms with Crippen molar-refractivity contribution in [2.24, 2.45) is 0 Å². The molecule has 1 heterocycles. The highest BCUT2D eigenvalue weighted by molar-refractivity contribution is 6.01. The van der Waals surface area contributed by atoms with Crippen LogP contribution in [0.15, 0.2) is 36.5 Å². The minimum atomic E-state index is 0.605. The Balaban J connectivity index is 2.79. The Hall–Kier alpha value is -1.51. The summed E-state index contributed by atoms with van der Waals surface area (Å²) >= 11 is 0. The Kier molecular flexibility index (Phi) is 1.70. The summed E-state index contributed by atoms with van der Waals surface area (Å²) in [6, 6.07) is 9.47. The fourth-order valence-electron chi connectivity index (χ4n) is 1.17. The van der Waals surface area contributed by atoms with Gasteiger partial charge in [-0.25, -0.2) is 0 Å². The molecule has 0 atom stereocenters. The molecule has 0 bridgehead atoms. The molecule has 0 aliphatic rings. The number of benzene rings is 1. The van der Waals surface area contributed by atoms with Gasteiger partial charge in [0.25, 0.3) is 0 Å². The van der Waals surface area contributed by atoms with Crippen LogP contribution < -0.4 is 4.65 Å². The molecule has 2 aromatic rings. The van der Waals surface area contributed by atoms with Crippen LogP contribution in [0.3, 0.4) is 0 Å². The van der Waals surface area contributed by atoms with Gasteiger partial charge in [-0.2, -0.15) is 0 Å². The first-order valence-corrected chi connectivity index (χ1v) is 3.62. The molecule has 3 heteroatoms. The van der Waals surface area contributed by atoms with Crippen LogP contribution in [0.5, 0.6) is 5.75 Å². The van der Waals surface area contributed by atoms with Crippen LogP contribution >= 0.6 is 0 Å². The highest BCUT2D eigenvalue weighted by atomic mass is 16.4. The van der Waals surface area contributed by atoms with Crippen LogP contribution in [0.4, 0.5) is 0 Å². The van der Waals surface area contributed by atoms with Crippen LogP contribution in [0.2, 0.25) is 0 Å². The molecule has 2 nitrogen and oxygen atoms in total. The molecule has 2 rings (SSSR count). The summed E-state index contributed by atoms with van der Waals surface area (Å²) in [5.41, 5.74) is 0.794. The third-order valence-corrected chi connectivity index (χ3v) is 1.72. The summed E-state index contributed by atoms with van der Waals surface area (Å²) < 4.78 is 4.66. The summed E-state index contributed by atoms with van der Waals surface area (Å²) in [7, 11) is 5.08. The first-order valence-electron chi connectivity index (χ1n) is 3.62. The largest absolute Gasteiger partial charge is 0.566 e. The number of pyridine rings is 1. The summed E-state index contributed by atoms with van der Waals surface area (Å²) in [4.78, 5) is 4.15. The molecular formula is C9H6BNO. The Morgan fingerprint density at radius 3 is 2.83 bits per heavy atom. The summed E-state index contributed by atoms with van der Waals surface area (Å²) in [5.74, 6) is 0.605. The third-order valence-electron chi connectivity index (χ3n) is 1.72. The summed E-state index contributed by atoms with van der Waals surface area (Å²) in [5, 5.41) is 1.03. The number of para-hydroxylation sites is 1. The van der Waals surface area contributed by atoms with Gasteiger partial charge in [0, 0.05) is 11.6 Å². The van der Waals surface area contributed by atoms with Crippen LogP contribution in [0.1, 0.15) is 0 Å². The first-order chi connectivity index (χ1) is 5.92. The van der Waals surface area contributed by atoms with E-state index in [9.17, 15) is 0 Å². The molecule has 1 aromatic heterocycles. The Labute approximate surface area is 71.6 Å². The van der Waals surface area contributed by atoms with Gasteiger partial charge in [-0.15, -0.1) is 0 Å². The standard InChI is InChI=1S/C9H6BNO/c10-12-8-5-1-3-7-4-2-6-11-9(7)8/h1-6H. The monoisotopic (exact) mass is 155 g/mol. The van der Waals surface area contributed by atoms with Gasteiger partial charge in [-0.3, -0.25) is 4.98 Å². The normalized spacial score (nSPS) is 10.0. The molecule has 0 saturated heterocycles. The van der Waals surface area contributed by atoms with Gasteiger partial charge in [-0.05, 0) is 12.1 Å². The summed E-state index contributed by atoms with van der Waals surface area (Å²) in [6.07, 6.45) is 1.71. The van der Waals surface area contributed by atoms with Gasteiger partial charge in [0.1, 0.15) is 11.3 Å². The van der Waals surface area contributed by atoms with Gasteiger partial charge >= 0.3 is 8.05 Å². The molecule has 2 radical (unpaired) electrons. The van der Waals surface area contributed by atoms with E-state index in [0.29, 0.717) is 5.75 Å². The predicted molar refractivity (Wildman–Crippen MR) is 48.1 cm³/mol. The highest BCUT2D eigenvalue weighted by Gasteiger charge is 1.98. The van der Waals surface area contributed by atoms with E-state index in [0.717, 1.165) is 10.9 Å². The van der Waals surface area contributed by atoms with Crippen molar-refractivity contribution in [1.82, 2.24) is 4.98 Å². The average Bonchev–Trinajstić information content (AvgIpc) is 2.17. The lowest BCUT2D eigenvalue weighted by Gasteiger charge is -2.02.